The van der Waals surface area contributed by atoms with E-state index >= 15 is 0 Å². The highest BCUT2D eigenvalue weighted by molar-refractivity contribution is 9.10. The molecule has 1 amide bonds. The number of carboxylic acid groups (broad SMARTS) is 1. The Bertz CT molecular complexity index is 551. The second kappa shape index (κ2) is 7.48. The van der Waals surface area contributed by atoms with Gasteiger partial charge in [0, 0.05) is 15.9 Å². The summed E-state index contributed by atoms with van der Waals surface area (Å²) in [4.78, 5) is 26.2. The third-order valence-electron chi connectivity index (χ3n) is 3.32. The number of thioether (sulfide) groups is 1. The van der Waals surface area contributed by atoms with Crippen LogP contribution in [0.5, 0.6) is 0 Å². The number of carbonyl (C=O) groups is 2. The predicted molar refractivity (Wildman–Crippen MR) is 88.0 cm³/mol. The maximum Gasteiger partial charge on any atom is 0.334 e. The zero-order chi connectivity index (χ0) is 16.3. The molecule has 120 valence electrons. The minimum atomic E-state index is -1.03. The van der Waals surface area contributed by atoms with E-state index in [1.54, 1.807) is 11.8 Å². The van der Waals surface area contributed by atoms with Crippen LogP contribution in [0.3, 0.4) is 0 Å². The summed E-state index contributed by atoms with van der Waals surface area (Å²) < 4.78 is 6.32. The Kier molecular flexibility index (Phi) is 5.88. The summed E-state index contributed by atoms with van der Waals surface area (Å²) in [5.74, 6) is -1.09. The lowest BCUT2D eigenvalue weighted by atomic mass is 10.2. The number of nitrogens with zero attached hydrogens (tertiary/aromatic N) is 1. The highest BCUT2D eigenvalue weighted by atomic mass is 79.9. The van der Waals surface area contributed by atoms with Crippen LogP contribution in [0.25, 0.3) is 0 Å². The molecule has 2 unspecified atom stereocenters. The van der Waals surface area contributed by atoms with Gasteiger partial charge in [0.15, 0.2) is 6.10 Å². The third kappa shape index (κ3) is 4.47. The van der Waals surface area contributed by atoms with Gasteiger partial charge >= 0.3 is 5.97 Å². The zero-order valence-electron chi connectivity index (χ0n) is 12.4. The van der Waals surface area contributed by atoms with Crippen molar-refractivity contribution in [2.24, 2.45) is 0 Å². The largest absolute Gasteiger partial charge is 0.479 e. The summed E-state index contributed by atoms with van der Waals surface area (Å²) >= 11 is 4.84. The summed E-state index contributed by atoms with van der Waals surface area (Å²) in [6, 6.07) is 7.74. The Balaban J connectivity index is 2.00. The molecular formula is C15H18BrNO4S. The SMILES string of the molecule is CC(Sc1ccc(Br)cc1)C(=O)N1CC(C(=O)O)O[C@H](C)C1. The first-order valence-electron chi connectivity index (χ1n) is 6.96. The molecule has 22 heavy (non-hydrogen) atoms. The van der Waals surface area contributed by atoms with Gasteiger partial charge in [0.1, 0.15) is 0 Å². The second-order valence-electron chi connectivity index (χ2n) is 5.23. The van der Waals surface area contributed by atoms with Crippen molar-refractivity contribution in [3.63, 3.8) is 0 Å². The molecule has 0 aromatic heterocycles. The summed E-state index contributed by atoms with van der Waals surface area (Å²) in [5, 5.41) is 8.81. The van der Waals surface area contributed by atoms with E-state index in [-0.39, 0.29) is 23.8 Å². The molecule has 1 aromatic rings. The first-order chi connectivity index (χ1) is 10.4. The van der Waals surface area contributed by atoms with Crippen molar-refractivity contribution in [2.75, 3.05) is 13.1 Å². The molecule has 0 bridgehead atoms. The molecular weight excluding hydrogens is 370 g/mol. The smallest absolute Gasteiger partial charge is 0.334 e. The Morgan fingerprint density at radius 2 is 2.00 bits per heavy atom. The average molecular weight is 388 g/mol. The monoisotopic (exact) mass is 387 g/mol. The Morgan fingerprint density at radius 1 is 1.36 bits per heavy atom. The van der Waals surface area contributed by atoms with Crippen molar-refractivity contribution in [3.8, 4) is 0 Å². The fourth-order valence-electron chi connectivity index (χ4n) is 2.29. The first kappa shape index (κ1) is 17.3. The highest BCUT2D eigenvalue weighted by Gasteiger charge is 2.34. The molecule has 1 aromatic carbocycles. The molecule has 1 aliphatic heterocycles. The molecule has 1 aliphatic rings. The van der Waals surface area contributed by atoms with Crippen molar-refractivity contribution in [1.29, 1.82) is 0 Å². The van der Waals surface area contributed by atoms with Gasteiger partial charge in [-0.3, -0.25) is 4.79 Å². The van der Waals surface area contributed by atoms with Crippen molar-refractivity contribution >= 4 is 39.6 Å². The normalized spacial score (nSPS) is 23.1. The quantitative estimate of drug-likeness (QED) is 0.804. The molecule has 3 atom stereocenters. The van der Waals surface area contributed by atoms with E-state index in [2.05, 4.69) is 15.9 Å². The van der Waals surface area contributed by atoms with E-state index in [0.717, 1.165) is 9.37 Å². The van der Waals surface area contributed by atoms with Crippen molar-refractivity contribution in [2.45, 2.75) is 36.2 Å². The number of rotatable bonds is 4. The molecule has 2 rings (SSSR count). The second-order valence-corrected chi connectivity index (χ2v) is 7.56. The number of carboxylic acids is 1. The van der Waals surface area contributed by atoms with Gasteiger partial charge in [-0.1, -0.05) is 15.9 Å². The van der Waals surface area contributed by atoms with Gasteiger partial charge in [-0.05, 0) is 38.1 Å². The van der Waals surface area contributed by atoms with Gasteiger partial charge in [0.25, 0.3) is 0 Å². The molecule has 5 nitrogen and oxygen atoms in total. The van der Waals surface area contributed by atoms with Crippen LogP contribution in [-0.4, -0.2) is 52.4 Å². The van der Waals surface area contributed by atoms with Gasteiger partial charge in [-0.15, -0.1) is 11.8 Å². The molecule has 1 heterocycles. The maximum atomic E-state index is 12.5. The number of morpholine rings is 1. The number of halogens is 1. The number of ether oxygens (including phenoxy) is 1. The minimum Gasteiger partial charge on any atom is -0.479 e. The van der Waals surface area contributed by atoms with Crippen LogP contribution in [0.2, 0.25) is 0 Å². The Hall–Kier alpha value is -1.05. The lowest BCUT2D eigenvalue weighted by Crippen LogP contribution is -2.53. The predicted octanol–water partition coefficient (Wildman–Crippen LogP) is 2.63. The van der Waals surface area contributed by atoms with E-state index in [9.17, 15) is 9.59 Å². The summed E-state index contributed by atoms with van der Waals surface area (Å²) in [7, 11) is 0. The highest BCUT2D eigenvalue weighted by Crippen LogP contribution is 2.26. The van der Waals surface area contributed by atoms with Gasteiger partial charge in [-0.25, -0.2) is 4.79 Å². The number of hydrogen-bond donors (Lipinski definition) is 1. The van der Waals surface area contributed by atoms with Crippen LogP contribution in [0.4, 0.5) is 0 Å². The lowest BCUT2D eigenvalue weighted by Gasteiger charge is -2.36. The van der Waals surface area contributed by atoms with Gasteiger partial charge in [0.2, 0.25) is 5.91 Å². The van der Waals surface area contributed by atoms with Crippen LogP contribution in [0, 0.1) is 0 Å². The summed E-state index contributed by atoms with van der Waals surface area (Å²) in [5.41, 5.74) is 0. The number of amides is 1. The Morgan fingerprint density at radius 3 is 2.59 bits per heavy atom. The topological polar surface area (TPSA) is 66.8 Å². The molecule has 1 N–H and O–H groups in total. The Labute approximate surface area is 142 Å². The molecule has 7 heteroatoms. The summed E-state index contributed by atoms with van der Waals surface area (Å²) in [6.07, 6.45) is -1.22. The van der Waals surface area contributed by atoms with E-state index < -0.39 is 12.1 Å². The fraction of sp³-hybridized carbons (Fsp3) is 0.467. The van der Waals surface area contributed by atoms with Crippen LogP contribution < -0.4 is 0 Å². The third-order valence-corrected chi connectivity index (χ3v) is 4.95. The molecule has 1 saturated heterocycles. The summed E-state index contributed by atoms with van der Waals surface area (Å²) in [6.45, 7) is 4.14. The average Bonchev–Trinajstić information content (AvgIpc) is 2.48. The van der Waals surface area contributed by atoms with Crippen LogP contribution >= 0.6 is 27.7 Å². The number of carbonyl (C=O) groups excluding carboxylic acids is 1. The molecule has 0 saturated carbocycles. The number of benzene rings is 1. The van der Waals surface area contributed by atoms with Crippen molar-refractivity contribution in [3.05, 3.63) is 28.7 Å². The van der Waals surface area contributed by atoms with Gasteiger partial charge in [0.05, 0.1) is 17.9 Å². The molecule has 1 fully saturated rings. The first-order valence-corrected chi connectivity index (χ1v) is 8.63. The van der Waals surface area contributed by atoms with E-state index in [4.69, 9.17) is 9.84 Å². The lowest BCUT2D eigenvalue weighted by molar-refractivity contribution is -0.166. The maximum absolute atomic E-state index is 12.5. The zero-order valence-corrected chi connectivity index (χ0v) is 14.8. The molecule has 0 spiro atoms. The van der Waals surface area contributed by atoms with Crippen molar-refractivity contribution < 1.29 is 19.4 Å². The van der Waals surface area contributed by atoms with Crippen molar-refractivity contribution in [1.82, 2.24) is 4.90 Å². The van der Waals surface area contributed by atoms with Crippen LogP contribution in [-0.2, 0) is 14.3 Å². The van der Waals surface area contributed by atoms with E-state index in [1.165, 1.54) is 11.8 Å². The van der Waals surface area contributed by atoms with E-state index in [1.807, 2.05) is 31.2 Å². The number of hydrogen-bond acceptors (Lipinski definition) is 4. The van der Waals surface area contributed by atoms with E-state index in [0.29, 0.717) is 6.54 Å². The standard InChI is InChI=1S/C15H18BrNO4S/c1-9-7-17(8-13(21-9)15(19)20)14(18)10(2)22-12-5-3-11(16)4-6-12/h3-6,9-10,13H,7-8H2,1-2H3,(H,19,20)/t9-,10?,13?/m1/s1. The number of aliphatic carboxylic acids is 1. The van der Waals surface area contributed by atoms with Gasteiger partial charge in [-0.2, -0.15) is 0 Å². The van der Waals surface area contributed by atoms with Crippen LogP contribution in [0.1, 0.15) is 13.8 Å². The fourth-order valence-corrected chi connectivity index (χ4v) is 3.51. The van der Waals surface area contributed by atoms with Crippen LogP contribution in [0.15, 0.2) is 33.6 Å². The van der Waals surface area contributed by atoms with Gasteiger partial charge < -0.3 is 14.7 Å². The minimum absolute atomic E-state index is 0.0608. The molecule has 0 radical (unpaired) electrons. The molecule has 0 aliphatic carbocycles.